The lowest BCUT2D eigenvalue weighted by molar-refractivity contribution is -0.142. The van der Waals surface area contributed by atoms with Crippen molar-refractivity contribution in [2.45, 2.75) is 26.1 Å². The predicted octanol–water partition coefficient (Wildman–Crippen LogP) is 0.215. The van der Waals surface area contributed by atoms with Gasteiger partial charge in [0.25, 0.3) is 0 Å². The number of aliphatic carboxylic acids is 1. The Morgan fingerprint density at radius 1 is 1.11 bits per heavy atom. The molecule has 1 aliphatic carbocycles. The number of carbonyl (C=O) groups excluding carboxylic acids is 1. The van der Waals surface area contributed by atoms with E-state index in [2.05, 4.69) is 0 Å². The molecule has 6 heteroatoms. The first-order valence-corrected chi connectivity index (χ1v) is 6.41. The zero-order chi connectivity index (χ0) is 14.4. The van der Waals surface area contributed by atoms with E-state index < -0.39 is 23.2 Å². The van der Waals surface area contributed by atoms with E-state index in [1.54, 1.807) is 19.1 Å². The molecule has 2 rings (SSSR count). The third-order valence-corrected chi connectivity index (χ3v) is 4.49. The summed E-state index contributed by atoms with van der Waals surface area (Å²) in [6.45, 7) is 4.58. The van der Waals surface area contributed by atoms with Gasteiger partial charge in [-0.2, -0.15) is 0 Å². The second-order valence-corrected chi connectivity index (χ2v) is 5.91. The standard InChI is InChI=1S/C13H21NO5/c1-13(2)9(10(13)12(16)17)11(15)14-5-7(18-3)8(6-14)19-4/h7-10H,5-6H2,1-4H3,(H,16,17). The zero-order valence-electron chi connectivity index (χ0n) is 11.8. The number of carbonyl (C=O) groups is 2. The molecule has 2 aliphatic rings. The van der Waals surface area contributed by atoms with Gasteiger partial charge in [-0.3, -0.25) is 9.59 Å². The molecule has 4 atom stereocenters. The van der Waals surface area contributed by atoms with Crippen molar-refractivity contribution in [2.75, 3.05) is 27.3 Å². The molecule has 0 radical (unpaired) electrons. The number of ether oxygens (including phenoxy) is 2. The first-order valence-electron chi connectivity index (χ1n) is 6.41. The van der Waals surface area contributed by atoms with Gasteiger partial charge in [-0.05, 0) is 5.41 Å². The summed E-state index contributed by atoms with van der Waals surface area (Å²) < 4.78 is 10.6. The summed E-state index contributed by atoms with van der Waals surface area (Å²) in [5.74, 6) is -2.01. The number of carboxylic acids is 1. The molecule has 2 fully saturated rings. The van der Waals surface area contributed by atoms with Crippen molar-refractivity contribution in [3.05, 3.63) is 0 Å². The highest BCUT2D eigenvalue weighted by Gasteiger charge is 2.67. The summed E-state index contributed by atoms with van der Waals surface area (Å²) in [5, 5.41) is 9.13. The van der Waals surface area contributed by atoms with Crippen LogP contribution in [0.5, 0.6) is 0 Å². The van der Waals surface area contributed by atoms with Gasteiger partial charge in [-0.1, -0.05) is 13.8 Å². The van der Waals surface area contributed by atoms with Gasteiger partial charge < -0.3 is 19.5 Å². The van der Waals surface area contributed by atoms with Crippen LogP contribution in [0.25, 0.3) is 0 Å². The normalized spacial score (nSPS) is 36.3. The molecule has 4 unspecified atom stereocenters. The second-order valence-electron chi connectivity index (χ2n) is 5.91. The molecule has 1 saturated carbocycles. The van der Waals surface area contributed by atoms with E-state index in [9.17, 15) is 9.59 Å². The minimum Gasteiger partial charge on any atom is -0.481 e. The number of likely N-dealkylation sites (tertiary alicyclic amines) is 1. The van der Waals surface area contributed by atoms with Crippen molar-refractivity contribution >= 4 is 11.9 Å². The summed E-state index contributed by atoms with van der Waals surface area (Å²) in [7, 11) is 3.18. The molecule has 0 bridgehead atoms. The lowest BCUT2D eigenvalue weighted by atomic mass is 10.1. The molecule has 0 aromatic rings. The van der Waals surface area contributed by atoms with Crippen molar-refractivity contribution < 1.29 is 24.2 Å². The van der Waals surface area contributed by atoms with Crippen molar-refractivity contribution in [1.82, 2.24) is 4.90 Å². The van der Waals surface area contributed by atoms with Gasteiger partial charge in [-0.15, -0.1) is 0 Å². The lowest BCUT2D eigenvalue weighted by Crippen LogP contribution is -2.33. The van der Waals surface area contributed by atoms with Gasteiger partial charge in [0, 0.05) is 27.3 Å². The van der Waals surface area contributed by atoms with Crippen LogP contribution in [0.15, 0.2) is 0 Å². The Hall–Kier alpha value is -1.14. The number of methoxy groups -OCH3 is 2. The van der Waals surface area contributed by atoms with Gasteiger partial charge in [0.15, 0.2) is 0 Å². The molecular formula is C13H21NO5. The molecule has 1 saturated heterocycles. The highest BCUT2D eigenvalue weighted by Crippen LogP contribution is 2.59. The van der Waals surface area contributed by atoms with Crippen LogP contribution in [-0.4, -0.2) is 61.4 Å². The van der Waals surface area contributed by atoms with E-state index in [1.165, 1.54) is 0 Å². The molecule has 19 heavy (non-hydrogen) atoms. The fourth-order valence-corrected chi connectivity index (χ4v) is 3.13. The molecule has 0 aromatic heterocycles. The van der Waals surface area contributed by atoms with Crippen LogP contribution < -0.4 is 0 Å². The monoisotopic (exact) mass is 271 g/mol. The molecule has 108 valence electrons. The fraction of sp³-hybridized carbons (Fsp3) is 0.846. The molecular weight excluding hydrogens is 250 g/mol. The van der Waals surface area contributed by atoms with E-state index in [0.717, 1.165) is 0 Å². The molecule has 0 spiro atoms. The van der Waals surface area contributed by atoms with Gasteiger partial charge >= 0.3 is 5.97 Å². The molecule has 1 heterocycles. The van der Waals surface area contributed by atoms with E-state index in [1.807, 2.05) is 13.8 Å². The highest BCUT2D eigenvalue weighted by molar-refractivity contribution is 5.91. The summed E-state index contributed by atoms with van der Waals surface area (Å²) in [5.41, 5.74) is -0.462. The molecule has 6 nitrogen and oxygen atoms in total. The molecule has 0 aromatic carbocycles. The third-order valence-electron chi connectivity index (χ3n) is 4.49. The number of carboxylic acid groups (broad SMARTS) is 1. The van der Waals surface area contributed by atoms with E-state index in [4.69, 9.17) is 14.6 Å². The lowest BCUT2D eigenvalue weighted by Gasteiger charge is -2.16. The van der Waals surface area contributed by atoms with Crippen molar-refractivity contribution in [3.8, 4) is 0 Å². The van der Waals surface area contributed by atoms with Crippen molar-refractivity contribution in [3.63, 3.8) is 0 Å². The third kappa shape index (κ3) is 2.23. The Morgan fingerprint density at radius 3 is 1.89 bits per heavy atom. The quantitative estimate of drug-likeness (QED) is 0.791. The Balaban J connectivity index is 2.05. The first-order chi connectivity index (χ1) is 8.84. The van der Waals surface area contributed by atoms with Crippen LogP contribution in [0.3, 0.4) is 0 Å². The SMILES string of the molecule is COC1CN(C(=O)C2C(C(=O)O)C2(C)C)CC1OC. The number of hydrogen-bond acceptors (Lipinski definition) is 4. The summed E-state index contributed by atoms with van der Waals surface area (Å²) >= 11 is 0. The zero-order valence-corrected chi connectivity index (χ0v) is 11.8. The minimum absolute atomic E-state index is 0.0981. The van der Waals surface area contributed by atoms with Crippen LogP contribution >= 0.6 is 0 Å². The van der Waals surface area contributed by atoms with Crippen molar-refractivity contribution in [1.29, 1.82) is 0 Å². The maximum absolute atomic E-state index is 12.4. The maximum atomic E-state index is 12.4. The Bertz CT molecular complexity index is 382. The van der Waals surface area contributed by atoms with Crippen LogP contribution in [0.4, 0.5) is 0 Å². The van der Waals surface area contributed by atoms with E-state index in [0.29, 0.717) is 13.1 Å². The van der Waals surface area contributed by atoms with Crippen LogP contribution in [0.1, 0.15) is 13.8 Å². The summed E-state index contributed by atoms with van der Waals surface area (Å²) in [6, 6.07) is 0. The number of rotatable bonds is 4. The van der Waals surface area contributed by atoms with Crippen LogP contribution in [0.2, 0.25) is 0 Å². The van der Waals surface area contributed by atoms with E-state index in [-0.39, 0.29) is 18.1 Å². The second kappa shape index (κ2) is 4.76. The van der Waals surface area contributed by atoms with Gasteiger partial charge in [0.05, 0.1) is 11.8 Å². The molecule has 1 N–H and O–H groups in total. The van der Waals surface area contributed by atoms with Gasteiger partial charge in [-0.25, -0.2) is 0 Å². The maximum Gasteiger partial charge on any atom is 0.307 e. The van der Waals surface area contributed by atoms with Gasteiger partial charge in [0.2, 0.25) is 5.91 Å². The van der Waals surface area contributed by atoms with Crippen molar-refractivity contribution in [2.24, 2.45) is 17.3 Å². The number of nitrogens with zero attached hydrogens (tertiary/aromatic N) is 1. The Labute approximate surface area is 112 Å². The molecule has 1 amide bonds. The smallest absolute Gasteiger partial charge is 0.307 e. The topological polar surface area (TPSA) is 76.1 Å². The predicted molar refractivity (Wildman–Crippen MR) is 66.6 cm³/mol. The average molecular weight is 271 g/mol. The summed E-state index contributed by atoms with van der Waals surface area (Å²) in [4.78, 5) is 25.2. The Morgan fingerprint density at radius 2 is 1.58 bits per heavy atom. The van der Waals surface area contributed by atoms with Crippen LogP contribution in [0, 0.1) is 17.3 Å². The minimum atomic E-state index is -0.894. The number of amides is 1. The largest absolute Gasteiger partial charge is 0.481 e. The first kappa shape index (κ1) is 14.3. The van der Waals surface area contributed by atoms with E-state index >= 15 is 0 Å². The summed E-state index contributed by atoms with van der Waals surface area (Å²) in [6.07, 6.45) is -0.279. The van der Waals surface area contributed by atoms with Gasteiger partial charge in [0.1, 0.15) is 12.2 Å². The average Bonchev–Trinajstić information content (AvgIpc) is 2.73. The number of hydrogen-bond donors (Lipinski definition) is 1. The van der Waals surface area contributed by atoms with Crippen LogP contribution in [-0.2, 0) is 19.1 Å². The highest BCUT2D eigenvalue weighted by atomic mass is 16.5. The fourth-order valence-electron chi connectivity index (χ4n) is 3.13. The molecule has 1 aliphatic heterocycles. The Kier molecular flexibility index (Phi) is 3.57.